The van der Waals surface area contributed by atoms with E-state index in [1.165, 1.54) is 30.6 Å². The highest BCUT2D eigenvalue weighted by Gasteiger charge is 2.44. The van der Waals surface area contributed by atoms with Gasteiger partial charge in [-0.25, -0.2) is 19.0 Å². The number of nitrogens with zero attached hydrogens (tertiary/aromatic N) is 5. The quantitative estimate of drug-likeness (QED) is 0.305. The van der Waals surface area contributed by atoms with Gasteiger partial charge in [-0.1, -0.05) is 11.6 Å². The van der Waals surface area contributed by atoms with Crippen molar-refractivity contribution >= 4 is 62.8 Å². The summed E-state index contributed by atoms with van der Waals surface area (Å²) in [6, 6.07) is 2.22. The molecule has 1 aliphatic rings. The molecule has 3 heterocycles. The number of carbonyl (C=O) groups excluding carboxylic acids is 1. The number of halogens is 4. The summed E-state index contributed by atoms with van der Waals surface area (Å²) in [5, 5.41) is 10.7. The van der Waals surface area contributed by atoms with Gasteiger partial charge in [0.15, 0.2) is 0 Å². The van der Waals surface area contributed by atoms with Crippen molar-refractivity contribution in [3.8, 4) is 5.75 Å². The Balaban J connectivity index is 1.68. The molecular weight excluding hydrogens is 593 g/mol. The monoisotopic (exact) mass is 616 g/mol. The Hall–Kier alpha value is -3.89. The van der Waals surface area contributed by atoms with Crippen LogP contribution >= 0.6 is 11.6 Å². The lowest BCUT2D eigenvalue weighted by atomic mass is 10.00. The zero-order valence-electron chi connectivity index (χ0n) is 21.5. The van der Waals surface area contributed by atoms with E-state index in [2.05, 4.69) is 14.7 Å². The number of nitrogen functional groups attached to an aromatic ring is 1. The van der Waals surface area contributed by atoms with E-state index in [4.69, 9.17) is 17.3 Å². The Morgan fingerprint density at radius 3 is 2.61 bits per heavy atom. The van der Waals surface area contributed by atoms with E-state index >= 15 is 0 Å². The Bertz CT molecular complexity index is 1530. The van der Waals surface area contributed by atoms with Crippen molar-refractivity contribution in [3.63, 3.8) is 0 Å². The second-order valence-electron chi connectivity index (χ2n) is 9.27. The third-order valence-electron chi connectivity index (χ3n) is 6.42. The molecule has 1 aromatic carbocycles. The SMILES string of the molecule is CN(C)c1ncc(N([C@H]2CCN([C@H](Cc3cc4ccnc(N)c4cc3OC(F)(F)F)C(=O)O)C2=O)S(=O)O)cc1Cl. The van der Waals surface area contributed by atoms with Gasteiger partial charge in [0.1, 0.15) is 29.5 Å². The van der Waals surface area contributed by atoms with Crippen LogP contribution in [0.2, 0.25) is 5.02 Å². The largest absolute Gasteiger partial charge is 0.573 e. The molecule has 1 aliphatic heterocycles. The first-order chi connectivity index (χ1) is 19.2. The molecular formula is C24H24ClF3N6O6S. The summed E-state index contributed by atoms with van der Waals surface area (Å²) in [5.74, 6) is -2.70. The second-order valence-corrected chi connectivity index (χ2v) is 10.5. The molecule has 0 bridgehead atoms. The first-order valence-corrected chi connectivity index (χ1v) is 13.3. The minimum absolute atomic E-state index is 0.0371. The maximum atomic E-state index is 13.5. The van der Waals surface area contributed by atoms with Gasteiger partial charge in [0.25, 0.3) is 11.3 Å². The average molecular weight is 617 g/mol. The summed E-state index contributed by atoms with van der Waals surface area (Å²) >= 11 is 3.51. The minimum atomic E-state index is -5.10. The number of fused-ring (bicyclic) bond motifs is 1. The molecule has 0 spiro atoms. The fourth-order valence-electron chi connectivity index (χ4n) is 4.65. The third kappa shape index (κ3) is 6.39. The number of hydrogen-bond donors (Lipinski definition) is 3. The van der Waals surface area contributed by atoms with Crippen molar-refractivity contribution in [1.82, 2.24) is 14.9 Å². The zero-order valence-corrected chi connectivity index (χ0v) is 23.1. The molecule has 41 heavy (non-hydrogen) atoms. The second kappa shape index (κ2) is 11.5. The van der Waals surface area contributed by atoms with Gasteiger partial charge in [-0.2, -0.15) is 0 Å². The van der Waals surface area contributed by atoms with Crippen LogP contribution < -0.4 is 19.7 Å². The lowest BCUT2D eigenvalue weighted by Gasteiger charge is -2.29. The van der Waals surface area contributed by atoms with Crippen LogP contribution in [0.3, 0.4) is 0 Å². The average Bonchev–Trinajstić information content (AvgIpc) is 3.22. The normalized spacial score (nSPS) is 17.0. The summed E-state index contributed by atoms with van der Waals surface area (Å²) in [6.07, 6.45) is -3.14. The van der Waals surface area contributed by atoms with Crippen molar-refractivity contribution in [2.24, 2.45) is 0 Å². The Kier molecular flexibility index (Phi) is 8.46. The number of anilines is 3. The number of carbonyl (C=O) groups is 2. The number of rotatable bonds is 9. The van der Waals surface area contributed by atoms with Crippen molar-refractivity contribution in [2.75, 3.05) is 35.6 Å². The molecule has 1 saturated heterocycles. The van der Waals surface area contributed by atoms with Crippen molar-refractivity contribution in [1.29, 1.82) is 0 Å². The molecule has 1 fully saturated rings. The van der Waals surface area contributed by atoms with Crippen LogP contribution in [0.15, 0.2) is 36.7 Å². The smallest absolute Gasteiger partial charge is 0.480 e. The van der Waals surface area contributed by atoms with Crippen molar-refractivity contribution in [3.05, 3.63) is 47.2 Å². The number of hydrogen-bond acceptors (Lipinski definition) is 8. The number of aliphatic carboxylic acids is 1. The van der Waals surface area contributed by atoms with E-state index in [1.54, 1.807) is 19.0 Å². The predicted octanol–water partition coefficient (Wildman–Crippen LogP) is 3.07. The minimum Gasteiger partial charge on any atom is -0.480 e. The first-order valence-electron chi connectivity index (χ1n) is 11.9. The fraction of sp³-hybridized carbons (Fsp3) is 0.333. The van der Waals surface area contributed by atoms with E-state index in [9.17, 15) is 36.6 Å². The summed E-state index contributed by atoms with van der Waals surface area (Å²) in [6.45, 7) is -0.162. The number of likely N-dealkylation sites (tertiary alicyclic amines) is 1. The summed E-state index contributed by atoms with van der Waals surface area (Å²) in [4.78, 5) is 36.4. The number of pyridine rings is 2. The van der Waals surface area contributed by atoms with Gasteiger partial charge in [0.2, 0.25) is 5.91 Å². The van der Waals surface area contributed by atoms with E-state index in [-0.39, 0.29) is 40.4 Å². The third-order valence-corrected chi connectivity index (χ3v) is 7.50. The summed E-state index contributed by atoms with van der Waals surface area (Å²) in [5.41, 5.74) is 5.68. The van der Waals surface area contributed by atoms with Crippen LogP contribution in [-0.2, 0) is 27.3 Å². The molecule has 1 amide bonds. The molecule has 3 atom stereocenters. The Morgan fingerprint density at radius 1 is 1.32 bits per heavy atom. The number of benzene rings is 1. The van der Waals surface area contributed by atoms with Crippen LogP contribution in [-0.4, -0.2) is 79.7 Å². The Labute approximate surface area is 238 Å². The van der Waals surface area contributed by atoms with Crippen LogP contribution in [0, 0.1) is 0 Å². The molecule has 220 valence electrons. The number of carboxylic acids is 1. The molecule has 1 unspecified atom stereocenters. The standard InChI is InChI=1S/C24H24ClF3N6O6S/c1-32(2)21-16(25)9-14(11-31-21)34(41(38)39)17-4-6-33(22(17)35)18(23(36)37)8-13-7-12-3-5-30-20(29)15(12)10-19(13)40-24(26,27)28/h3,5,7,9-11,17-18H,4,6,8H2,1-2H3,(H2,29,30)(H,36,37)(H,38,39)/t17-,18+/m0/s1. The summed E-state index contributed by atoms with van der Waals surface area (Å²) in [7, 11) is 3.37. The fourth-order valence-corrected chi connectivity index (χ4v) is 5.67. The lowest BCUT2D eigenvalue weighted by Crippen LogP contribution is -2.48. The molecule has 0 radical (unpaired) electrons. The topological polar surface area (TPSA) is 162 Å². The van der Waals surface area contributed by atoms with E-state index in [0.717, 1.165) is 15.3 Å². The number of alkyl halides is 3. The lowest BCUT2D eigenvalue weighted by molar-refractivity contribution is -0.274. The van der Waals surface area contributed by atoms with Crippen LogP contribution in [0.5, 0.6) is 5.75 Å². The van der Waals surface area contributed by atoms with Crippen LogP contribution in [0.1, 0.15) is 12.0 Å². The summed E-state index contributed by atoms with van der Waals surface area (Å²) < 4.78 is 67.1. The maximum absolute atomic E-state index is 13.5. The highest BCUT2D eigenvalue weighted by molar-refractivity contribution is 7.80. The van der Waals surface area contributed by atoms with Gasteiger partial charge < -0.3 is 25.4 Å². The number of amides is 1. The van der Waals surface area contributed by atoms with Gasteiger partial charge in [-0.05, 0) is 41.6 Å². The molecule has 3 aromatic rings. The van der Waals surface area contributed by atoms with Gasteiger partial charge in [-0.15, -0.1) is 13.2 Å². The van der Waals surface area contributed by atoms with E-state index < -0.39 is 53.8 Å². The van der Waals surface area contributed by atoms with Crippen molar-refractivity contribution in [2.45, 2.75) is 31.3 Å². The highest BCUT2D eigenvalue weighted by Crippen LogP contribution is 2.35. The van der Waals surface area contributed by atoms with E-state index in [1.807, 2.05) is 0 Å². The van der Waals surface area contributed by atoms with Crippen LogP contribution in [0.25, 0.3) is 10.8 Å². The number of nitrogens with two attached hydrogens (primary N) is 1. The molecule has 17 heteroatoms. The number of aromatic nitrogens is 2. The van der Waals surface area contributed by atoms with E-state index in [0.29, 0.717) is 11.2 Å². The van der Waals surface area contributed by atoms with Gasteiger partial charge in [0, 0.05) is 38.6 Å². The molecule has 0 aliphatic carbocycles. The number of ether oxygens (including phenoxy) is 1. The highest BCUT2D eigenvalue weighted by atomic mass is 35.5. The molecule has 12 nitrogen and oxygen atoms in total. The van der Waals surface area contributed by atoms with Gasteiger partial charge in [0.05, 0.1) is 16.9 Å². The number of carboxylic acid groups (broad SMARTS) is 1. The van der Waals surface area contributed by atoms with Crippen molar-refractivity contribution < 1.29 is 41.4 Å². The Morgan fingerprint density at radius 2 is 2.02 bits per heavy atom. The maximum Gasteiger partial charge on any atom is 0.573 e. The van der Waals surface area contributed by atoms with Crippen LogP contribution in [0.4, 0.5) is 30.5 Å². The molecule has 2 aromatic heterocycles. The molecule has 4 N–H and O–H groups in total. The molecule has 0 saturated carbocycles. The molecule has 4 rings (SSSR count). The predicted molar refractivity (Wildman–Crippen MR) is 145 cm³/mol. The zero-order chi connectivity index (χ0) is 30.2. The first kappa shape index (κ1) is 30.1. The van der Waals surface area contributed by atoms with Gasteiger partial charge in [-0.3, -0.25) is 13.7 Å². The van der Waals surface area contributed by atoms with Gasteiger partial charge >= 0.3 is 12.3 Å².